The van der Waals surface area contributed by atoms with Crippen molar-refractivity contribution in [3.8, 4) is 0 Å². The van der Waals surface area contributed by atoms with Gasteiger partial charge in [-0.3, -0.25) is 4.79 Å². The number of fused-ring (bicyclic) bond motifs is 1. The average Bonchev–Trinajstić information content (AvgIpc) is 3.28. The van der Waals surface area contributed by atoms with Crippen LogP contribution in [-0.2, 0) is 5.75 Å². The van der Waals surface area contributed by atoms with Gasteiger partial charge in [0.2, 0.25) is 0 Å². The number of rotatable bonds is 6. The number of aromatic nitrogens is 3. The highest BCUT2D eigenvalue weighted by atomic mass is 32.2. The van der Waals surface area contributed by atoms with Crippen LogP contribution >= 0.6 is 11.8 Å². The average molecular weight is 404 g/mol. The number of aryl methyl sites for hydroxylation is 2. The first-order valence-corrected chi connectivity index (χ1v) is 10.2. The van der Waals surface area contributed by atoms with E-state index in [1.165, 1.54) is 0 Å². The summed E-state index contributed by atoms with van der Waals surface area (Å²) in [5.74, 6) is 0.536. The second kappa shape index (κ2) is 8.36. The number of para-hydroxylation sites is 2. The zero-order valence-electron chi connectivity index (χ0n) is 16.2. The number of hydrogen-bond acceptors (Lipinski definition) is 4. The molecule has 0 fully saturated rings. The van der Waals surface area contributed by atoms with E-state index >= 15 is 0 Å². The summed E-state index contributed by atoms with van der Waals surface area (Å²) in [4.78, 5) is 23.3. The minimum atomic E-state index is -0.234. The van der Waals surface area contributed by atoms with Crippen LogP contribution in [0.5, 0.6) is 0 Å². The molecule has 0 saturated heterocycles. The number of thioether (sulfide) groups is 1. The molecule has 1 amide bonds. The number of carbonyl (C=O) groups excluding carboxylic acids is 1. The maximum atomic E-state index is 12.3. The summed E-state index contributed by atoms with van der Waals surface area (Å²) in [6, 6.07) is 17.5. The Morgan fingerprint density at radius 2 is 1.93 bits per heavy atom. The van der Waals surface area contributed by atoms with E-state index in [-0.39, 0.29) is 5.91 Å². The predicted octanol–water partition coefficient (Wildman–Crippen LogP) is 4.56. The molecule has 7 heteroatoms. The quantitative estimate of drug-likeness (QED) is 0.250. The van der Waals surface area contributed by atoms with Crippen molar-refractivity contribution in [2.45, 2.75) is 24.8 Å². The number of aromatic amines is 2. The number of carbonyl (C=O) groups is 1. The van der Waals surface area contributed by atoms with Crippen LogP contribution in [0.25, 0.3) is 11.0 Å². The number of hydrogen-bond donors (Lipinski definition) is 3. The molecule has 29 heavy (non-hydrogen) atoms. The molecule has 0 aliphatic heterocycles. The molecule has 4 aromatic rings. The minimum absolute atomic E-state index is 0.234. The van der Waals surface area contributed by atoms with Gasteiger partial charge in [-0.1, -0.05) is 36.0 Å². The van der Waals surface area contributed by atoms with Crippen LogP contribution in [0, 0.1) is 13.8 Å². The lowest BCUT2D eigenvalue weighted by Gasteiger charge is -2.03. The standard InChI is InChI=1S/C22H21N5OS/c1-14-11-18(15(2)24-14)12-23-27-21(28)17-9-7-16(8-10-17)13-29-22-25-19-5-3-4-6-20(19)26-22/h3-12,24H,13H2,1-2H3,(H,25,26)(H,27,28)/b23-12+. The molecule has 146 valence electrons. The van der Waals surface area contributed by atoms with E-state index in [0.29, 0.717) is 5.56 Å². The third-order valence-electron chi connectivity index (χ3n) is 4.52. The highest BCUT2D eigenvalue weighted by Crippen LogP contribution is 2.23. The van der Waals surface area contributed by atoms with E-state index < -0.39 is 0 Å². The van der Waals surface area contributed by atoms with Gasteiger partial charge in [0.15, 0.2) is 5.16 Å². The lowest BCUT2D eigenvalue weighted by atomic mass is 10.1. The molecule has 0 bridgehead atoms. The van der Waals surface area contributed by atoms with E-state index in [2.05, 4.69) is 25.5 Å². The lowest BCUT2D eigenvalue weighted by molar-refractivity contribution is 0.0955. The van der Waals surface area contributed by atoms with Crippen LogP contribution in [0.4, 0.5) is 0 Å². The van der Waals surface area contributed by atoms with E-state index in [9.17, 15) is 4.79 Å². The van der Waals surface area contributed by atoms with Crippen molar-refractivity contribution in [3.63, 3.8) is 0 Å². The third kappa shape index (κ3) is 4.57. The Morgan fingerprint density at radius 1 is 1.14 bits per heavy atom. The largest absolute Gasteiger partial charge is 0.362 e. The molecule has 2 aromatic carbocycles. The van der Waals surface area contributed by atoms with E-state index in [1.54, 1.807) is 18.0 Å². The van der Waals surface area contributed by atoms with E-state index in [1.807, 2.05) is 68.4 Å². The van der Waals surface area contributed by atoms with Crippen molar-refractivity contribution in [2.75, 3.05) is 0 Å². The molecule has 4 rings (SSSR count). The first kappa shape index (κ1) is 19.0. The highest BCUT2D eigenvalue weighted by molar-refractivity contribution is 7.98. The lowest BCUT2D eigenvalue weighted by Crippen LogP contribution is -2.17. The molecule has 0 aliphatic carbocycles. The molecular weight excluding hydrogens is 382 g/mol. The van der Waals surface area contributed by atoms with Crippen LogP contribution in [0.15, 0.2) is 64.9 Å². The maximum Gasteiger partial charge on any atom is 0.271 e. The molecular formula is C22H21N5OS. The van der Waals surface area contributed by atoms with Crippen LogP contribution in [0.2, 0.25) is 0 Å². The molecule has 0 saturated carbocycles. The second-order valence-electron chi connectivity index (χ2n) is 6.78. The Morgan fingerprint density at radius 3 is 2.66 bits per heavy atom. The Bertz CT molecular complexity index is 1140. The summed E-state index contributed by atoms with van der Waals surface area (Å²) in [5, 5.41) is 4.94. The normalized spacial score (nSPS) is 11.4. The summed E-state index contributed by atoms with van der Waals surface area (Å²) in [6.45, 7) is 3.95. The fourth-order valence-corrected chi connectivity index (χ4v) is 3.85. The van der Waals surface area contributed by atoms with Crippen molar-refractivity contribution < 1.29 is 4.79 Å². The van der Waals surface area contributed by atoms with E-state index in [0.717, 1.165) is 44.5 Å². The van der Waals surface area contributed by atoms with Crippen molar-refractivity contribution in [2.24, 2.45) is 5.10 Å². The number of benzene rings is 2. The number of amides is 1. The molecule has 3 N–H and O–H groups in total. The maximum absolute atomic E-state index is 12.3. The van der Waals surface area contributed by atoms with Crippen LogP contribution in [-0.4, -0.2) is 27.1 Å². The molecule has 2 heterocycles. The molecule has 2 aromatic heterocycles. The Hall–Kier alpha value is -3.32. The Labute approximate surface area is 172 Å². The number of nitrogens with zero attached hydrogens (tertiary/aromatic N) is 2. The zero-order chi connectivity index (χ0) is 20.2. The number of imidazole rings is 1. The van der Waals surface area contributed by atoms with Gasteiger partial charge in [0.05, 0.1) is 17.2 Å². The fourth-order valence-electron chi connectivity index (χ4n) is 3.01. The van der Waals surface area contributed by atoms with Crippen LogP contribution < -0.4 is 5.43 Å². The molecule has 0 radical (unpaired) electrons. The SMILES string of the molecule is Cc1cc(/C=N/NC(=O)c2ccc(CSc3nc4ccccc4[nH]3)cc2)c(C)[nH]1. The molecule has 6 nitrogen and oxygen atoms in total. The first-order chi connectivity index (χ1) is 14.1. The van der Waals surface area contributed by atoms with Gasteiger partial charge in [-0.25, -0.2) is 10.4 Å². The Kier molecular flexibility index (Phi) is 5.48. The van der Waals surface area contributed by atoms with Crippen molar-refractivity contribution in [1.29, 1.82) is 0 Å². The molecule has 0 atom stereocenters. The van der Waals surface area contributed by atoms with Gasteiger partial charge >= 0.3 is 0 Å². The van der Waals surface area contributed by atoms with Crippen molar-refractivity contribution in [1.82, 2.24) is 20.4 Å². The van der Waals surface area contributed by atoms with Gasteiger partial charge < -0.3 is 9.97 Å². The monoisotopic (exact) mass is 403 g/mol. The number of nitrogens with one attached hydrogen (secondary N) is 3. The van der Waals surface area contributed by atoms with Crippen molar-refractivity contribution in [3.05, 3.63) is 82.7 Å². The molecule has 0 unspecified atom stereocenters. The second-order valence-corrected chi connectivity index (χ2v) is 7.74. The number of hydrazone groups is 1. The summed E-state index contributed by atoms with van der Waals surface area (Å²) in [6.07, 6.45) is 1.65. The summed E-state index contributed by atoms with van der Waals surface area (Å²) in [7, 11) is 0. The fraction of sp³-hybridized carbons (Fsp3) is 0.136. The third-order valence-corrected chi connectivity index (χ3v) is 5.46. The van der Waals surface area contributed by atoms with Gasteiger partial charge in [0.25, 0.3) is 5.91 Å². The molecule has 0 spiro atoms. The topological polar surface area (TPSA) is 85.9 Å². The van der Waals surface area contributed by atoms with Crippen LogP contribution in [0.3, 0.4) is 0 Å². The minimum Gasteiger partial charge on any atom is -0.362 e. The van der Waals surface area contributed by atoms with E-state index in [4.69, 9.17) is 0 Å². The Balaban J connectivity index is 1.33. The van der Waals surface area contributed by atoms with Gasteiger partial charge in [-0.2, -0.15) is 5.10 Å². The van der Waals surface area contributed by atoms with Gasteiger partial charge in [0, 0.05) is 28.3 Å². The first-order valence-electron chi connectivity index (χ1n) is 9.24. The summed E-state index contributed by atoms with van der Waals surface area (Å²) in [5.41, 5.74) is 9.30. The van der Waals surface area contributed by atoms with Gasteiger partial charge in [0.1, 0.15) is 0 Å². The molecule has 0 aliphatic rings. The van der Waals surface area contributed by atoms with Crippen LogP contribution in [0.1, 0.15) is 32.9 Å². The van der Waals surface area contributed by atoms with Gasteiger partial charge in [-0.15, -0.1) is 0 Å². The zero-order valence-corrected chi connectivity index (χ0v) is 17.0. The summed E-state index contributed by atoms with van der Waals surface area (Å²) >= 11 is 1.63. The van der Waals surface area contributed by atoms with Gasteiger partial charge in [-0.05, 0) is 49.7 Å². The smallest absolute Gasteiger partial charge is 0.271 e. The van der Waals surface area contributed by atoms with Crippen molar-refractivity contribution >= 4 is 34.9 Å². The summed E-state index contributed by atoms with van der Waals surface area (Å²) < 4.78 is 0. The predicted molar refractivity (Wildman–Crippen MR) is 117 cm³/mol. The highest BCUT2D eigenvalue weighted by Gasteiger charge is 2.06. The number of H-pyrrole nitrogens is 2.